The van der Waals surface area contributed by atoms with E-state index in [4.69, 9.17) is 37.7 Å². The van der Waals surface area contributed by atoms with Gasteiger partial charge in [-0.1, -0.05) is 47.5 Å². The number of likely N-dealkylation sites (tertiary alicyclic amines) is 1. The van der Waals surface area contributed by atoms with E-state index in [0.29, 0.717) is 45.3 Å². The number of hydrogen-bond acceptors (Lipinski definition) is 8. The molecule has 6 heterocycles. The molecular weight excluding hydrogens is 799 g/mol. The molecule has 0 radical (unpaired) electrons. The normalized spacial score (nSPS) is 20.8. The third kappa shape index (κ3) is 6.50. The number of nitriles is 1. The summed E-state index contributed by atoms with van der Waals surface area (Å²) in [5.74, 6) is -1.42. The van der Waals surface area contributed by atoms with Gasteiger partial charge in [0.2, 0.25) is 5.88 Å². The summed E-state index contributed by atoms with van der Waals surface area (Å²) in [6, 6.07) is 20.0. The molecular formula is C44H37Cl2F2N7O4. The number of aromatic nitrogens is 3. The second kappa shape index (κ2) is 15.4. The Hall–Kier alpha value is -5.81. The minimum absolute atomic E-state index is 0.00632. The Bertz CT molecular complexity index is 2710. The first-order valence-corrected chi connectivity index (χ1v) is 20.1. The van der Waals surface area contributed by atoms with E-state index in [9.17, 15) is 14.9 Å². The van der Waals surface area contributed by atoms with Crippen LogP contribution in [-0.2, 0) is 11.2 Å². The topological polar surface area (TPSA) is 134 Å². The molecule has 2 amide bonds. The molecule has 0 spiro atoms. The number of methoxy groups -OCH3 is 1. The Morgan fingerprint density at radius 3 is 2.61 bits per heavy atom. The number of amides is 2. The zero-order valence-electron chi connectivity index (χ0n) is 31.9. The fourth-order valence-corrected chi connectivity index (χ4v) is 9.61. The Morgan fingerprint density at radius 2 is 1.92 bits per heavy atom. The Labute approximate surface area is 347 Å². The van der Waals surface area contributed by atoms with Crippen LogP contribution in [0, 0.1) is 28.9 Å². The van der Waals surface area contributed by atoms with Crippen molar-refractivity contribution < 1.29 is 27.8 Å². The Morgan fingerprint density at radius 1 is 1.07 bits per heavy atom. The van der Waals surface area contributed by atoms with Gasteiger partial charge in [0.1, 0.15) is 17.4 Å². The van der Waals surface area contributed by atoms with Crippen molar-refractivity contribution in [1.29, 1.82) is 5.26 Å². The molecule has 2 N–H and O–H groups in total. The zero-order valence-corrected chi connectivity index (χ0v) is 33.5. The van der Waals surface area contributed by atoms with Crippen molar-refractivity contribution in [3.8, 4) is 34.3 Å². The minimum Gasteiger partial charge on any atom is -0.472 e. The summed E-state index contributed by atoms with van der Waals surface area (Å²) >= 11 is 13.2. The zero-order chi connectivity index (χ0) is 41.1. The van der Waals surface area contributed by atoms with Crippen LogP contribution >= 0.6 is 23.2 Å². The van der Waals surface area contributed by atoms with Crippen LogP contribution in [0.25, 0.3) is 44.2 Å². The summed E-state index contributed by atoms with van der Waals surface area (Å²) in [7, 11) is 2.75. The van der Waals surface area contributed by atoms with Crippen LogP contribution in [0.5, 0.6) is 5.88 Å². The average Bonchev–Trinajstić information content (AvgIpc) is 4.06. The minimum atomic E-state index is -0.779. The second-order valence-electron chi connectivity index (χ2n) is 15.1. The molecule has 5 atom stereocenters. The smallest absolute Gasteiger partial charge is 0.410 e. The molecule has 3 saturated heterocycles. The lowest BCUT2D eigenvalue weighted by Gasteiger charge is -2.39. The van der Waals surface area contributed by atoms with Crippen LogP contribution in [0.15, 0.2) is 72.9 Å². The third-order valence-electron chi connectivity index (χ3n) is 11.9. The summed E-state index contributed by atoms with van der Waals surface area (Å²) < 4.78 is 47.4. The molecule has 10 rings (SSSR count). The van der Waals surface area contributed by atoms with Crippen LogP contribution in [0.1, 0.15) is 53.0 Å². The van der Waals surface area contributed by atoms with Crippen LogP contribution in [0.3, 0.4) is 0 Å². The van der Waals surface area contributed by atoms with Crippen LogP contribution in [-0.4, -0.2) is 70.8 Å². The van der Waals surface area contributed by atoms with Crippen molar-refractivity contribution >= 4 is 57.0 Å². The van der Waals surface area contributed by atoms with Gasteiger partial charge in [-0.05, 0) is 60.7 Å². The lowest BCUT2D eigenvalue weighted by Crippen LogP contribution is -2.41. The number of fused-ring (bicyclic) bond motifs is 4. The summed E-state index contributed by atoms with van der Waals surface area (Å²) in [4.78, 5) is 37.1. The first kappa shape index (κ1) is 38.7. The quantitative estimate of drug-likeness (QED) is 0.148. The monoisotopic (exact) mass is 835 g/mol. The first-order chi connectivity index (χ1) is 28.6. The van der Waals surface area contributed by atoms with Gasteiger partial charge in [0.05, 0.1) is 58.6 Å². The lowest BCUT2D eigenvalue weighted by atomic mass is 9.79. The first-order valence-electron chi connectivity index (χ1n) is 19.3. The van der Waals surface area contributed by atoms with Crippen molar-refractivity contribution in [3.63, 3.8) is 0 Å². The van der Waals surface area contributed by atoms with Gasteiger partial charge in [0.15, 0.2) is 5.82 Å². The number of rotatable bonds is 9. The molecule has 6 aromatic rings. The highest BCUT2D eigenvalue weighted by molar-refractivity contribution is 6.43. The van der Waals surface area contributed by atoms with Crippen molar-refractivity contribution in [3.05, 3.63) is 111 Å². The lowest BCUT2D eigenvalue weighted by molar-refractivity contribution is 0.0959. The molecule has 5 unspecified atom stereocenters. The molecule has 59 heavy (non-hydrogen) atoms. The van der Waals surface area contributed by atoms with Crippen molar-refractivity contribution in [2.45, 2.75) is 49.9 Å². The SMILES string of the molecule is CNC(=O)c1ccc(-c2nc3c(F)c(-c4cccc(Cl)c4Cl)c(CCC#N)cc3c3c2cc(C2CC(Oc4ccccn4)CN2C(=O)OC)n3C2C3CNC2C3)cc1F. The summed E-state index contributed by atoms with van der Waals surface area (Å²) in [6.45, 7) is 0.979. The van der Waals surface area contributed by atoms with Gasteiger partial charge in [-0.15, -0.1) is 0 Å². The number of carbonyl (C=O) groups is 2. The number of nitrogens with zero attached hydrogens (tertiary/aromatic N) is 5. The molecule has 4 aliphatic rings. The van der Waals surface area contributed by atoms with Crippen LogP contribution < -0.4 is 15.4 Å². The van der Waals surface area contributed by atoms with E-state index in [1.807, 2.05) is 18.2 Å². The van der Waals surface area contributed by atoms with E-state index < -0.39 is 35.8 Å². The molecule has 2 bridgehead atoms. The standard InChI is InChI=1S/C44H37Cl2F2N7O4/c1-50-43(56)26-12-11-23(16-31(26)47)39-29-19-34(33-18-25(21-54(33)44(57)58-2)59-35-10-3-4-14-51-35)55(41-24-17-32(41)52-20-24)42(29)28-15-22(7-6-13-49)36(38(48)40(28)53-39)27-8-5-9-30(45)37(27)46/h3-5,8-12,14-16,19,24-25,32-33,41,52H,6-7,17-18,20-21H2,1-2H3,(H,50,56). The van der Waals surface area contributed by atoms with Gasteiger partial charge < -0.3 is 24.7 Å². The highest BCUT2D eigenvalue weighted by Crippen LogP contribution is 2.52. The van der Waals surface area contributed by atoms with E-state index >= 15 is 8.78 Å². The molecule has 15 heteroatoms. The number of benzene rings is 3. The number of hydrogen-bond donors (Lipinski definition) is 2. The largest absolute Gasteiger partial charge is 0.472 e. The molecule has 3 aromatic carbocycles. The van der Waals surface area contributed by atoms with E-state index in [2.05, 4.69) is 26.3 Å². The van der Waals surface area contributed by atoms with Crippen molar-refractivity contribution in [2.24, 2.45) is 5.92 Å². The maximum atomic E-state index is 17.8. The number of aryl methyl sites for hydroxylation is 1. The highest BCUT2D eigenvalue weighted by atomic mass is 35.5. The summed E-state index contributed by atoms with van der Waals surface area (Å²) in [6.07, 6.45) is 2.25. The van der Waals surface area contributed by atoms with E-state index in [0.717, 1.165) is 18.7 Å². The van der Waals surface area contributed by atoms with E-state index in [1.54, 1.807) is 47.5 Å². The molecule has 4 fully saturated rings. The second-order valence-corrected chi connectivity index (χ2v) is 15.9. The van der Waals surface area contributed by atoms with Gasteiger partial charge in [-0.3, -0.25) is 9.69 Å². The molecule has 1 aliphatic carbocycles. The Balaban J connectivity index is 1.36. The molecule has 1 saturated carbocycles. The molecule has 11 nitrogen and oxygen atoms in total. The summed E-state index contributed by atoms with van der Waals surface area (Å²) in [5, 5.41) is 17.2. The van der Waals surface area contributed by atoms with E-state index in [-0.39, 0.29) is 69.8 Å². The van der Waals surface area contributed by atoms with Crippen molar-refractivity contribution in [1.82, 2.24) is 30.1 Å². The van der Waals surface area contributed by atoms with E-state index in [1.165, 1.54) is 26.3 Å². The van der Waals surface area contributed by atoms with Crippen LogP contribution in [0.2, 0.25) is 10.0 Å². The van der Waals surface area contributed by atoms with Crippen molar-refractivity contribution in [2.75, 3.05) is 27.2 Å². The molecule has 3 aromatic heterocycles. The van der Waals surface area contributed by atoms with Gasteiger partial charge in [0, 0.05) is 77.9 Å². The fraction of sp³-hybridized carbons (Fsp3) is 0.295. The Kier molecular flexibility index (Phi) is 10.1. The average molecular weight is 837 g/mol. The number of pyridine rings is 2. The maximum Gasteiger partial charge on any atom is 0.410 e. The van der Waals surface area contributed by atoms with Gasteiger partial charge in [-0.25, -0.2) is 23.5 Å². The predicted octanol–water partition coefficient (Wildman–Crippen LogP) is 8.81. The number of nitrogens with one attached hydrogen (secondary N) is 2. The maximum absolute atomic E-state index is 17.8. The number of halogens is 4. The molecule has 3 aliphatic heterocycles. The number of carbonyl (C=O) groups excluding carboxylic acids is 2. The fourth-order valence-electron chi connectivity index (χ4n) is 9.22. The van der Waals surface area contributed by atoms with Crippen LogP contribution in [0.4, 0.5) is 13.6 Å². The van der Waals surface area contributed by atoms with Gasteiger partial charge >= 0.3 is 6.09 Å². The third-order valence-corrected chi connectivity index (χ3v) is 12.7. The van der Waals surface area contributed by atoms with Gasteiger partial charge in [0.25, 0.3) is 5.91 Å². The van der Waals surface area contributed by atoms with Gasteiger partial charge in [-0.2, -0.15) is 5.26 Å². The summed E-state index contributed by atoms with van der Waals surface area (Å²) in [5.41, 5.74) is 2.83. The predicted molar refractivity (Wildman–Crippen MR) is 219 cm³/mol. The number of ether oxygens (including phenoxy) is 2. The molecule has 300 valence electrons. The highest BCUT2D eigenvalue weighted by Gasteiger charge is 2.51.